The average molecular weight is 233 g/mol. The van der Waals surface area contributed by atoms with Crippen LogP contribution >= 0.6 is 0 Å². The third-order valence-electron chi connectivity index (χ3n) is 3.15. The number of furan rings is 1. The van der Waals surface area contributed by atoms with E-state index in [9.17, 15) is 0 Å². The van der Waals surface area contributed by atoms with Crippen molar-refractivity contribution in [3.05, 3.63) is 24.3 Å². The van der Waals surface area contributed by atoms with Crippen LogP contribution in [0.4, 0.5) is 0 Å². The number of aromatic nitrogens is 2. The van der Waals surface area contributed by atoms with Crippen molar-refractivity contribution < 1.29 is 8.94 Å². The summed E-state index contributed by atoms with van der Waals surface area (Å²) in [5.41, 5.74) is 0. The fraction of sp³-hybridized carbons (Fsp3) is 0.500. The van der Waals surface area contributed by atoms with E-state index in [1.54, 1.807) is 6.26 Å². The van der Waals surface area contributed by atoms with E-state index in [-0.39, 0.29) is 6.04 Å². The van der Waals surface area contributed by atoms with Gasteiger partial charge in [0.1, 0.15) is 0 Å². The molecule has 2 aromatic heterocycles. The molecule has 0 aliphatic carbocycles. The van der Waals surface area contributed by atoms with Gasteiger partial charge in [-0.3, -0.25) is 0 Å². The van der Waals surface area contributed by atoms with Gasteiger partial charge in [0.2, 0.25) is 11.7 Å². The van der Waals surface area contributed by atoms with Crippen molar-refractivity contribution in [3.8, 4) is 11.6 Å². The van der Waals surface area contributed by atoms with Gasteiger partial charge in [-0.25, -0.2) is 0 Å². The lowest BCUT2D eigenvalue weighted by Crippen LogP contribution is -2.30. The lowest BCUT2D eigenvalue weighted by molar-refractivity contribution is 0.260. The van der Waals surface area contributed by atoms with Gasteiger partial charge >= 0.3 is 0 Å². The summed E-state index contributed by atoms with van der Waals surface area (Å²) < 4.78 is 10.5. The van der Waals surface area contributed by atoms with Gasteiger partial charge in [0.15, 0.2) is 5.76 Å². The molecule has 1 aliphatic rings. The summed E-state index contributed by atoms with van der Waals surface area (Å²) in [5.74, 6) is 2.51. The molecular weight excluding hydrogens is 218 g/mol. The molecule has 1 aliphatic heterocycles. The third kappa shape index (κ3) is 2.10. The van der Waals surface area contributed by atoms with Crippen LogP contribution in [0.3, 0.4) is 0 Å². The van der Waals surface area contributed by atoms with Crippen molar-refractivity contribution in [2.24, 2.45) is 5.92 Å². The highest BCUT2D eigenvalue weighted by atomic mass is 16.5. The second-order valence-electron chi connectivity index (χ2n) is 4.57. The number of rotatable bonds is 2. The lowest BCUT2D eigenvalue weighted by atomic mass is 9.94. The maximum Gasteiger partial charge on any atom is 0.244 e. The minimum atomic E-state index is 0.176. The van der Waals surface area contributed by atoms with E-state index in [0.717, 1.165) is 13.0 Å². The molecule has 0 saturated carbocycles. The first-order valence-electron chi connectivity index (χ1n) is 5.94. The summed E-state index contributed by atoms with van der Waals surface area (Å²) in [6.07, 6.45) is 3.85. The van der Waals surface area contributed by atoms with Crippen LogP contribution in [0.25, 0.3) is 11.6 Å². The van der Waals surface area contributed by atoms with Gasteiger partial charge in [0, 0.05) is 0 Å². The van der Waals surface area contributed by atoms with Gasteiger partial charge in [0.25, 0.3) is 0 Å². The molecule has 0 bridgehead atoms. The van der Waals surface area contributed by atoms with Gasteiger partial charge in [-0.1, -0.05) is 12.1 Å². The molecule has 0 aromatic carbocycles. The van der Waals surface area contributed by atoms with Crippen LogP contribution in [-0.4, -0.2) is 16.7 Å². The fourth-order valence-electron chi connectivity index (χ4n) is 2.18. The van der Waals surface area contributed by atoms with E-state index >= 15 is 0 Å². The van der Waals surface area contributed by atoms with Gasteiger partial charge in [-0.2, -0.15) is 4.98 Å². The topological polar surface area (TPSA) is 64.1 Å². The van der Waals surface area contributed by atoms with E-state index in [2.05, 4.69) is 22.4 Å². The molecule has 17 heavy (non-hydrogen) atoms. The molecule has 2 aromatic rings. The molecule has 2 atom stereocenters. The van der Waals surface area contributed by atoms with Crippen LogP contribution in [0.2, 0.25) is 0 Å². The summed E-state index contributed by atoms with van der Waals surface area (Å²) in [5, 5.41) is 7.34. The predicted molar refractivity (Wildman–Crippen MR) is 61.1 cm³/mol. The quantitative estimate of drug-likeness (QED) is 0.862. The second-order valence-corrected chi connectivity index (χ2v) is 4.57. The normalized spacial score (nSPS) is 25.0. The monoisotopic (exact) mass is 233 g/mol. The Morgan fingerprint density at radius 3 is 3.18 bits per heavy atom. The van der Waals surface area contributed by atoms with Gasteiger partial charge in [-0.15, -0.1) is 0 Å². The Labute approximate surface area is 99.2 Å². The number of hydrogen-bond donors (Lipinski definition) is 1. The number of hydrogen-bond acceptors (Lipinski definition) is 5. The second kappa shape index (κ2) is 4.33. The van der Waals surface area contributed by atoms with E-state index in [0.29, 0.717) is 23.4 Å². The van der Waals surface area contributed by atoms with Gasteiger partial charge in [0.05, 0.1) is 12.3 Å². The Hall–Kier alpha value is -1.62. The minimum Gasteiger partial charge on any atom is -0.461 e. The molecule has 1 fully saturated rings. The highest BCUT2D eigenvalue weighted by Crippen LogP contribution is 2.27. The van der Waals surface area contributed by atoms with Crippen LogP contribution in [0.1, 0.15) is 31.7 Å². The van der Waals surface area contributed by atoms with Crippen molar-refractivity contribution in [1.82, 2.24) is 15.5 Å². The summed E-state index contributed by atoms with van der Waals surface area (Å²) in [4.78, 5) is 4.38. The summed E-state index contributed by atoms with van der Waals surface area (Å²) in [6, 6.07) is 3.81. The first-order chi connectivity index (χ1) is 8.33. The zero-order valence-corrected chi connectivity index (χ0v) is 9.72. The summed E-state index contributed by atoms with van der Waals surface area (Å²) >= 11 is 0. The Kier molecular flexibility index (Phi) is 2.68. The number of piperidine rings is 1. The molecular formula is C12H15N3O2. The van der Waals surface area contributed by atoms with Gasteiger partial charge in [-0.05, 0) is 37.4 Å². The van der Waals surface area contributed by atoms with Crippen LogP contribution in [0.15, 0.2) is 27.3 Å². The molecule has 3 heterocycles. The SMILES string of the molecule is CC1CCNC(c2nc(-c3ccco3)no2)C1. The Balaban J connectivity index is 1.80. The molecule has 0 spiro atoms. The average Bonchev–Trinajstić information content (AvgIpc) is 3.00. The van der Waals surface area contributed by atoms with Crippen LogP contribution in [-0.2, 0) is 0 Å². The molecule has 90 valence electrons. The molecule has 5 heteroatoms. The van der Waals surface area contributed by atoms with Crippen LogP contribution < -0.4 is 5.32 Å². The highest BCUT2D eigenvalue weighted by molar-refractivity contribution is 5.44. The zero-order valence-electron chi connectivity index (χ0n) is 9.72. The maximum atomic E-state index is 5.29. The van der Waals surface area contributed by atoms with Crippen molar-refractivity contribution >= 4 is 0 Å². The largest absolute Gasteiger partial charge is 0.461 e. The van der Waals surface area contributed by atoms with Crippen molar-refractivity contribution in [2.75, 3.05) is 6.54 Å². The Morgan fingerprint density at radius 1 is 1.47 bits per heavy atom. The van der Waals surface area contributed by atoms with E-state index in [1.165, 1.54) is 6.42 Å². The Morgan fingerprint density at radius 2 is 2.41 bits per heavy atom. The van der Waals surface area contributed by atoms with Gasteiger partial charge < -0.3 is 14.3 Å². The minimum absolute atomic E-state index is 0.176. The van der Waals surface area contributed by atoms with Crippen LogP contribution in [0, 0.1) is 5.92 Å². The molecule has 5 nitrogen and oxygen atoms in total. The fourth-order valence-corrected chi connectivity index (χ4v) is 2.18. The summed E-state index contributed by atoms with van der Waals surface area (Å²) in [6.45, 7) is 3.25. The predicted octanol–water partition coefficient (Wildman–Crippen LogP) is 2.39. The zero-order chi connectivity index (χ0) is 11.7. The van der Waals surface area contributed by atoms with Crippen molar-refractivity contribution in [3.63, 3.8) is 0 Å². The van der Waals surface area contributed by atoms with Crippen LogP contribution in [0.5, 0.6) is 0 Å². The molecule has 2 unspecified atom stereocenters. The third-order valence-corrected chi connectivity index (χ3v) is 3.15. The standard InChI is InChI=1S/C12H15N3O2/c1-8-4-5-13-9(7-8)12-14-11(15-17-12)10-3-2-6-16-10/h2-3,6,8-9,13H,4-5,7H2,1H3. The molecule has 0 radical (unpaired) electrons. The maximum absolute atomic E-state index is 5.29. The van der Waals surface area contributed by atoms with E-state index in [1.807, 2.05) is 12.1 Å². The first kappa shape index (κ1) is 10.5. The van der Waals surface area contributed by atoms with E-state index < -0.39 is 0 Å². The highest BCUT2D eigenvalue weighted by Gasteiger charge is 2.25. The molecule has 3 rings (SSSR count). The Bertz CT molecular complexity index is 478. The number of nitrogens with one attached hydrogen (secondary N) is 1. The number of nitrogens with zero attached hydrogens (tertiary/aromatic N) is 2. The smallest absolute Gasteiger partial charge is 0.244 e. The molecule has 1 saturated heterocycles. The lowest BCUT2D eigenvalue weighted by Gasteiger charge is -2.25. The molecule has 1 N–H and O–H groups in total. The first-order valence-corrected chi connectivity index (χ1v) is 5.94. The summed E-state index contributed by atoms with van der Waals surface area (Å²) in [7, 11) is 0. The van der Waals surface area contributed by atoms with E-state index in [4.69, 9.17) is 8.94 Å². The van der Waals surface area contributed by atoms with Crippen molar-refractivity contribution in [1.29, 1.82) is 0 Å². The van der Waals surface area contributed by atoms with Crippen molar-refractivity contribution in [2.45, 2.75) is 25.8 Å². The molecule has 0 amide bonds.